The Morgan fingerprint density at radius 2 is 1.89 bits per heavy atom. The molecule has 202 valence electrons. The van der Waals surface area contributed by atoms with Crippen molar-refractivity contribution in [2.75, 3.05) is 31.4 Å². The van der Waals surface area contributed by atoms with E-state index < -0.39 is 17.6 Å². The van der Waals surface area contributed by atoms with Crippen molar-refractivity contribution in [1.82, 2.24) is 20.2 Å². The number of aromatic nitrogens is 4. The number of benzene rings is 2. The lowest BCUT2D eigenvalue weighted by molar-refractivity contribution is -0.168. The number of aromatic amines is 1. The van der Waals surface area contributed by atoms with Gasteiger partial charge in [0.05, 0.1) is 23.9 Å². The van der Waals surface area contributed by atoms with Crippen molar-refractivity contribution in [3.63, 3.8) is 0 Å². The van der Waals surface area contributed by atoms with Gasteiger partial charge in [-0.3, -0.25) is 5.10 Å². The summed E-state index contributed by atoms with van der Waals surface area (Å²) in [6.45, 7) is 6.46. The number of rotatable bonds is 10. The minimum Gasteiger partial charge on any atom is -0.490 e. The Morgan fingerprint density at radius 1 is 1.13 bits per heavy atom. The Balaban J connectivity index is 1.76. The number of nitrogens with two attached hydrogens (primary N) is 1. The van der Waals surface area contributed by atoms with E-state index in [1.807, 2.05) is 25.1 Å². The van der Waals surface area contributed by atoms with Crippen LogP contribution in [0.15, 0.2) is 42.6 Å². The zero-order valence-corrected chi connectivity index (χ0v) is 22.0. The highest BCUT2D eigenvalue weighted by Gasteiger charge is 2.47. The fourth-order valence-corrected chi connectivity index (χ4v) is 4.10. The molecular weight excluding hydrogens is 494 g/mol. The van der Waals surface area contributed by atoms with Gasteiger partial charge in [-0.25, -0.2) is 9.97 Å². The minimum atomic E-state index is -3.51. The molecule has 38 heavy (non-hydrogen) atoms. The molecular formula is C27H32F2N6O3. The van der Waals surface area contributed by atoms with Crippen LogP contribution in [0.2, 0.25) is 0 Å². The molecule has 1 atom stereocenters. The molecule has 0 saturated heterocycles. The van der Waals surface area contributed by atoms with Gasteiger partial charge in [-0.1, -0.05) is 0 Å². The van der Waals surface area contributed by atoms with Gasteiger partial charge in [0.2, 0.25) is 0 Å². The van der Waals surface area contributed by atoms with Crippen LogP contribution in [0.3, 0.4) is 0 Å². The summed E-state index contributed by atoms with van der Waals surface area (Å²) < 4.78 is 41.0. The molecule has 11 heteroatoms. The highest BCUT2D eigenvalue weighted by Crippen LogP contribution is 2.41. The lowest BCUT2D eigenvalue weighted by Crippen LogP contribution is -2.40. The van der Waals surface area contributed by atoms with Gasteiger partial charge in [-0.2, -0.15) is 13.9 Å². The molecule has 5 N–H and O–H groups in total. The van der Waals surface area contributed by atoms with Gasteiger partial charge in [-0.15, -0.1) is 0 Å². The number of alkyl halides is 2. The highest BCUT2D eigenvalue weighted by molar-refractivity contribution is 5.94. The Labute approximate surface area is 219 Å². The lowest BCUT2D eigenvalue weighted by atomic mass is 9.91. The number of aryl methyl sites for hydroxylation is 1. The van der Waals surface area contributed by atoms with E-state index in [9.17, 15) is 13.9 Å². The first-order valence-corrected chi connectivity index (χ1v) is 12.1. The maximum absolute atomic E-state index is 14.9. The number of fused-ring (bicyclic) bond motifs is 1. The molecule has 0 aliphatic heterocycles. The number of aliphatic hydroxyl groups is 1. The molecule has 0 aliphatic carbocycles. The molecule has 2 heterocycles. The fraction of sp³-hybridized carbons (Fsp3) is 0.370. The Morgan fingerprint density at radius 3 is 2.55 bits per heavy atom. The third kappa shape index (κ3) is 5.53. The molecule has 0 spiro atoms. The first-order valence-electron chi connectivity index (χ1n) is 12.1. The van der Waals surface area contributed by atoms with Crippen LogP contribution in [0.5, 0.6) is 5.75 Å². The van der Waals surface area contributed by atoms with E-state index in [1.165, 1.54) is 12.1 Å². The van der Waals surface area contributed by atoms with Crippen LogP contribution in [0.25, 0.3) is 22.2 Å². The SMILES string of the molecule is COCCOc1cc2c(N[C@H](C)c3cc(N)cc(C(F)(F)C(C)(C)O)c3)nc(C)nc2cc1-c1ccn[nH]1. The third-order valence-corrected chi connectivity index (χ3v) is 6.21. The zero-order chi connectivity index (χ0) is 27.7. The molecule has 0 bridgehead atoms. The van der Waals surface area contributed by atoms with E-state index in [1.54, 1.807) is 26.3 Å². The van der Waals surface area contributed by atoms with Crippen LogP contribution in [0, 0.1) is 6.92 Å². The Hall–Kier alpha value is -3.83. The quantitative estimate of drug-likeness (QED) is 0.168. The molecule has 0 saturated carbocycles. The second-order valence-corrected chi connectivity index (χ2v) is 9.68. The second kappa shape index (κ2) is 10.5. The van der Waals surface area contributed by atoms with Crippen molar-refractivity contribution < 1.29 is 23.4 Å². The molecule has 0 amide bonds. The molecule has 2 aromatic heterocycles. The smallest absolute Gasteiger partial charge is 0.300 e. The highest BCUT2D eigenvalue weighted by atomic mass is 19.3. The van der Waals surface area contributed by atoms with Gasteiger partial charge in [0.1, 0.15) is 29.6 Å². The predicted molar refractivity (Wildman–Crippen MR) is 142 cm³/mol. The molecule has 0 radical (unpaired) electrons. The van der Waals surface area contributed by atoms with Crippen molar-refractivity contribution in [2.24, 2.45) is 0 Å². The first-order chi connectivity index (χ1) is 17.9. The number of methoxy groups -OCH3 is 1. The fourth-order valence-electron chi connectivity index (χ4n) is 4.10. The van der Waals surface area contributed by atoms with E-state index >= 15 is 0 Å². The summed E-state index contributed by atoms with van der Waals surface area (Å²) in [6.07, 6.45) is 1.65. The Bertz CT molecular complexity index is 1420. The number of ether oxygens (including phenoxy) is 2. The third-order valence-electron chi connectivity index (χ3n) is 6.21. The van der Waals surface area contributed by atoms with Crippen LogP contribution in [-0.4, -0.2) is 51.2 Å². The second-order valence-electron chi connectivity index (χ2n) is 9.68. The molecule has 2 aromatic carbocycles. The van der Waals surface area contributed by atoms with Gasteiger partial charge >= 0.3 is 5.92 Å². The first kappa shape index (κ1) is 27.2. The Kier molecular flexibility index (Phi) is 7.52. The van der Waals surface area contributed by atoms with Crippen LogP contribution in [-0.2, 0) is 10.7 Å². The summed E-state index contributed by atoms with van der Waals surface area (Å²) in [5.74, 6) is -1.89. The van der Waals surface area contributed by atoms with Crippen molar-refractivity contribution in [2.45, 2.75) is 45.3 Å². The van der Waals surface area contributed by atoms with E-state index in [0.29, 0.717) is 47.1 Å². The molecule has 4 aromatic rings. The van der Waals surface area contributed by atoms with E-state index in [-0.39, 0.29) is 11.3 Å². The van der Waals surface area contributed by atoms with Crippen LogP contribution in [0.1, 0.15) is 43.8 Å². The number of hydrogen-bond acceptors (Lipinski definition) is 8. The van der Waals surface area contributed by atoms with E-state index in [4.69, 9.17) is 15.2 Å². The monoisotopic (exact) mass is 526 g/mol. The lowest BCUT2D eigenvalue weighted by Gasteiger charge is -2.30. The van der Waals surface area contributed by atoms with Crippen molar-refractivity contribution in [1.29, 1.82) is 0 Å². The standard InChI is InChI=1S/C27H32F2N6O3/c1-15(17-10-18(12-19(30)11-17)27(28,29)26(3,4)36)32-25-21-14-24(38-9-8-37-5)20(22-6-7-31-35-22)13-23(21)33-16(2)34-25/h6-7,10-15,36H,8-9,30H2,1-5H3,(H,31,35)(H,32,33,34)/t15-/m1/s1. The molecule has 0 aliphatic rings. The molecule has 0 unspecified atom stereocenters. The average molecular weight is 527 g/mol. The van der Waals surface area contributed by atoms with Crippen LogP contribution in [0.4, 0.5) is 20.3 Å². The number of nitrogens with zero attached hydrogens (tertiary/aromatic N) is 3. The van der Waals surface area contributed by atoms with Crippen molar-refractivity contribution in [3.05, 3.63) is 59.5 Å². The van der Waals surface area contributed by atoms with Crippen molar-refractivity contribution >= 4 is 22.4 Å². The summed E-state index contributed by atoms with van der Waals surface area (Å²) in [7, 11) is 1.60. The normalized spacial score (nSPS) is 13.1. The van der Waals surface area contributed by atoms with Gasteiger partial charge in [-0.05, 0) is 69.7 Å². The molecule has 9 nitrogen and oxygen atoms in total. The number of halogens is 2. The number of nitrogen functional groups attached to an aromatic ring is 1. The zero-order valence-electron chi connectivity index (χ0n) is 22.0. The van der Waals surface area contributed by atoms with E-state index in [2.05, 4.69) is 25.5 Å². The number of anilines is 2. The maximum Gasteiger partial charge on any atom is 0.300 e. The molecule has 4 rings (SSSR count). The predicted octanol–water partition coefficient (Wildman–Crippen LogP) is 4.97. The summed E-state index contributed by atoms with van der Waals surface area (Å²) >= 11 is 0. The number of hydrogen-bond donors (Lipinski definition) is 4. The van der Waals surface area contributed by atoms with Gasteiger partial charge in [0, 0.05) is 35.5 Å². The summed E-state index contributed by atoms with van der Waals surface area (Å²) in [6, 6.07) is 9.24. The largest absolute Gasteiger partial charge is 0.490 e. The average Bonchev–Trinajstić information content (AvgIpc) is 3.37. The summed E-state index contributed by atoms with van der Waals surface area (Å²) in [5.41, 5.74) is 6.23. The number of nitrogens with one attached hydrogen (secondary N) is 2. The van der Waals surface area contributed by atoms with Crippen LogP contribution >= 0.6 is 0 Å². The van der Waals surface area contributed by atoms with Crippen molar-refractivity contribution in [3.8, 4) is 17.0 Å². The topological polar surface area (TPSA) is 131 Å². The van der Waals surface area contributed by atoms with Crippen LogP contribution < -0.4 is 15.8 Å². The van der Waals surface area contributed by atoms with E-state index in [0.717, 1.165) is 25.1 Å². The summed E-state index contributed by atoms with van der Waals surface area (Å²) in [5, 5.41) is 21.0. The van der Waals surface area contributed by atoms with Gasteiger partial charge < -0.3 is 25.6 Å². The number of H-pyrrole nitrogens is 1. The van der Waals surface area contributed by atoms with Gasteiger partial charge in [0.15, 0.2) is 0 Å². The maximum atomic E-state index is 14.9. The van der Waals surface area contributed by atoms with Gasteiger partial charge in [0.25, 0.3) is 0 Å². The summed E-state index contributed by atoms with van der Waals surface area (Å²) in [4.78, 5) is 9.19. The minimum absolute atomic E-state index is 0.164. The molecule has 0 fully saturated rings.